The highest BCUT2D eigenvalue weighted by atomic mass is 16.5. The Kier molecular flexibility index (Phi) is 3.75. The first kappa shape index (κ1) is 12.1. The first-order valence-corrected chi connectivity index (χ1v) is 5.87. The highest BCUT2D eigenvalue weighted by Gasteiger charge is 2.16. The standard InChI is InChI=1S/C11H19N5O/c1-7-10(13-8(2)14-11(7)16-12)15-9-4-3-5-17-6-9/h9H,3-6,12H2,1-2H3,(H2,13,14,15,16). The van der Waals surface area contributed by atoms with E-state index in [1.807, 2.05) is 13.8 Å². The lowest BCUT2D eigenvalue weighted by Crippen LogP contribution is -2.31. The second-order valence-corrected chi connectivity index (χ2v) is 4.30. The van der Waals surface area contributed by atoms with Crippen molar-refractivity contribution in [2.24, 2.45) is 5.84 Å². The Balaban J connectivity index is 2.16. The number of rotatable bonds is 3. The van der Waals surface area contributed by atoms with Crippen LogP contribution in [-0.2, 0) is 4.74 Å². The zero-order valence-electron chi connectivity index (χ0n) is 10.3. The summed E-state index contributed by atoms with van der Waals surface area (Å²) < 4.78 is 5.43. The number of ether oxygens (including phenoxy) is 1. The lowest BCUT2D eigenvalue weighted by molar-refractivity contribution is 0.0875. The molecule has 1 fully saturated rings. The molecular weight excluding hydrogens is 218 g/mol. The number of anilines is 2. The van der Waals surface area contributed by atoms with Crippen LogP contribution in [0.1, 0.15) is 24.2 Å². The largest absolute Gasteiger partial charge is 0.379 e. The molecule has 0 aliphatic carbocycles. The smallest absolute Gasteiger partial charge is 0.148 e. The van der Waals surface area contributed by atoms with Crippen molar-refractivity contribution in [3.63, 3.8) is 0 Å². The van der Waals surface area contributed by atoms with Crippen molar-refractivity contribution in [3.05, 3.63) is 11.4 Å². The van der Waals surface area contributed by atoms with Crippen LogP contribution in [0, 0.1) is 13.8 Å². The Labute approximate surface area is 101 Å². The Hall–Kier alpha value is -1.40. The predicted octanol–water partition coefficient (Wildman–Crippen LogP) is 0.970. The average molecular weight is 237 g/mol. The molecular formula is C11H19N5O. The number of hydrogen-bond donors (Lipinski definition) is 3. The Bertz CT molecular complexity index is 390. The van der Waals surface area contributed by atoms with Gasteiger partial charge in [0.2, 0.25) is 0 Å². The second kappa shape index (κ2) is 5.29. The zero-order valence-corrected chi connectivity index (χ0v) is 10.3. The molecule has 2 rings (SSSR count). The lowest BCUT2D eigenvalue weighted by atomic mass is 10.1. The molecule has 1 unspecified atom stereocenters. The fourth-order valence-electron chi connectivity index (χ4n) is 1.96. The molecule has 1 aromatic heterocycles. The third-order valence-corrected chi connectivity index (χ3v) is 2.90. The topological polar surface area (TPSA) is 85.1 Å². The summed E-state index contributed by atoms with van der Waals surface area (Å²) in [5, 5.41) is 3.39. The van der Waals surface area contributed by atoms with Crippen molar-refractivity contribution >= 4 is 11.6 Å². The number of nitrogen functional groups attached to an aromatic ring is 1. The first-order chi connectivity index (χ1) is 8.20. The minimum Gasteiger partial charge on any atom is -0.379 e. The molecule has 1 saturated heterocycles. The summed E-state index contributed by atoms with van der Waals surface area (Å²) in [5.74, 6) is 7.62. The van der Waals surface area contributed by atoms with Crippen LogP contribution in [0.5, 0.6) is 0 Å². The number of hydrazine groups is 1. The fourth-order valence-corrected chi connectivity index (χ4v) is 1.96. The van der Waals surface area contributed by atoms with Crippen molar-refractivity contribution < 1.29 is 4.74 Å². The molecule has 6 nitrogen and oxygen atoms in total. The van der Waals surface area contributed by atoms with Gasteiger partial charge < -0.3 is 15.5 Å². The van der Waals surface area contributed by atoms with E-state index in [9.17, 15) is 0 Å². The van der Waals surface area contributed by atoms with Gasteiger partial charge in [0.05, 0.1) is 12.6 Å². The van der Waals surface area contributed by atoms with Gasteiger partial charge in [0.15, 0.2) is 0 Å². The molecule has 0 amide bonds. The maximum atomic E-state index is 5.43. The number of nitrogens with one attached hydrogen (secondary N) is 2. The molecule has 0 saturated carbocycles. The Morgan fingerprint density at radius 1 is 1.29 bits per heavy atom. The predicted molar refractivity (Wildman–Crippen MR) is 66.8 cm³/mol. The van der Waals surface area contributed by atoms with Crippen LogP contribution in [0.15, 0.2) is 0 Å². The van der Waals surface area contributed by atoms with E-state index in [2.05, 4.69) is 20.7 Å². The minimum absolute atomic E-state index is 0.322. The summed E-state index contributed by atoms with van der Waals surface area (Å²) in [5.41, 5.74) is 3.53. The van der Waals surface area contributed by atoms with Gasteiger partial charge in [-0.1, -0.05) is 0 Å². The van der Waals surface area contributed by atoms with E-state index in [1.165, 1.54) is 0 Å². The quantitative estimate of drug-likeness (QED) is 0.536. The third kappa shape index (κ3) is 2.83. The average Bonchev–Trinajstić information content (AvgIpc) is 2.34. The molecule has 4 N–H and O–H groups in total. The van der Waals surface area contributed by atoms with Gasteiger partial charge in [-0.15, -0.1) is 0 Å². The van der Waals surface area contributed by atoms with Crippen molar-refractivity contribution in [2.75, 3.05) is 24.0 Å². The monoisotopic (exact) mass is 237 g/mol. The summed E-state index contributed by atoms with van der Waals surface area (Å²) in [4.78, 5) is 8.63. The third-order valence-electron chi connectivity index (χ3n) is 2.90. The number of hydrogen-bond acceptors (Lipinski definition) is 6. The number of aromatic nitrogens is 2. The van der Waals surface area contributed by atoms with Crippen LogP contribution >= 0.6 is 0 Å². The SMILES string of the molecule is Cc1nc(NN)c(C)c(NC2CCCOC2)n1. The fraction of sp³-hybridized carbons (Fsp3) is 0.636. The molecule has 17 heavy (non-hydrogen) atoms. The van der Waals surface area contributed by atoms with Gasteiger partial charge in [0.25, 0.3) is 0 Å². The first-order valence-electron chi connectivity index (χ1n) is 5.87. The summed E-state index contributed by atoms with van der Waals surface area (Å²) in [6.07, 6.45) is 2.19. The van der Waals surface area contributed by atoms with E-state index in [4.69, 9.17) is 10.6 Å². The summed E-state index contributed by atoms with van der Waals surface area (Å²) >= 11 is 0. The molecule has 0 aromatic carbocycles. The highest BCUT2D eigenvalue weighted by molar-refractivity contribution is 5.57. The van der Waals surface area contributed by atoms with Crippen molar-refractivity contribution in [2.45, 2.75) is 32.7 Å². The van der Waals surface area contributed by atoms with Gasteiger partial charge >= 0.3 is 0 Å². The van der Waals surface area contributed by atoms with Crippen LogP contribution < -0.4 is 16.6 Å². The van der Waals surface area contributed by atoms with Crippen LogP contribution in [-0.4, -0.2) is 29.2 Å². The van der Waals surface area contributed by atoms with Gasteiger partial charge in [0.1, 0.15) is 17.5 Å². The molecule has 0 radical (unpaired) electrons. The van der Waals surface area contributed by atoms with Gasteiger partial charge in [0, 0.05) is 12.2 Å². The molecule has 1 aliphatic rings. The lowest BCUT2D eigenvalue weighted by Gasteiger charge is -2.24. The van der Waals surface area contributed by atoms with Gasteiger partial charge in [-0.05, 0) is 26.7 Å². The Morgan fingerprint density at radius 3 is 2.71 bits per heavy atom. The van der Waals surface area contributed by atoms with Gasteiger partial charge in [-0.25, -0.2) is 15.8 Å². The zero-order chi connectivity index (χ0) is 12.3. The molecule has 1 aliphatic heterocycles. The maximum absolute atomic E-state index is 5.43. The van der Waals surface area contributed by atoms with Crippen LogP contribution in [0.25, 0.3) is 0 Å². The van der Waals surface area contributed by atoms with E-state index in [0.717, 1.165) is 37.4 Å². The van der Waals surface area contributed by atoms with Gasteiger partial charge in [-0.3, -0.25) is 0 Å². The minimum atomic E-state index is 0.322. The summed E-state index contributed by atoms with van der Waals surface area (Å²) in [6.45, 7) is 5.38. The second-order valence-electron chi connectivity index (χ2n) is 4.30. The molecule has 2 heterocycles. The molecule has 0 bridgehead atoms. The van der Waals surface area contributed by atoms with Crippen LogP contribution in [0.2, 0.25) is 0 Å². The maximum Gasteiger partial charge on any atom is 0.148 e. The van der Waals surface area contributed by atoms with Crippen molar-refractivity contribution in [1.29, 1.82) is 0 Å². The number of nitrogens with zero attached hydrogens (tertiary/aromatic N) is 2. The van der Waals surface area contributed by atoms with Crippen LogP contribution in [0.4, 0.5) is 11.6 Å². The molecule has 1 atom stereocenters. The van der Waals surface area contributed by atoms with Crippen molar-refractivity contribution in [3.8, 4) is 0 Å². The summed E-state index contributed by atoms with van der Waals surface area (Å²) in [7, 11) is 0. The van der Waals surface area contributed by atoms with E-state index < -0.39 is 0 Å². The molecule has 1 aromatic rings. The molecule has 0 spiro atoms. The molecule has 6 heteroatoms. The Morgan fingerprint density at radius 2 is 2.06 bits per heavy atom. The van der Waals surface area contributed by atoms with Crippen molar-refractivity contribution in [1.82, 2.24) is 9.97 Å². The summed E-state index contributed by atoms with van der Waals surface area (Å²) in [6, 6.07) is 0.322. The van der Waals surface area contributed by atoms with Crippen LogP contribution in [0.3, 0.4) is 0 Å². The highest BCUT2D eigenvalue weighted by Crippen LogP contribution is 2.21. The molecule has 94 valence electrons. The van der Waals surface area contributed by atoms with E-state index in [0.29, 0.717) is 17.7 Å². The van der Waals surface area contributed by atoms with E-state index in [1.54, 1.807) is 0 Å². The number of nitrogens with two attached hydrogens (primary N) is 1. The normalized spacial score (nSPS) is 20.1. The van der Waals surface area contributed by atoms with E-state index >= 15 is 0 Å². The van der Waals surface area contributed by atoms with E-state index in [-0.39, 0.29) is 0 Å². The number of aryl methyl sites for hydroxylation is 1. The van der Waals surface area contributed by atoms with Gasteiger partial charge in [-0.2, -0.15) is 0 Å².